The molecule has 3 nitrogen and oxygen atoms in total. The predicted molar refractivity (Wildman–Crippen MR) is 94.0 cm³/mol. The summed E-state index contributed by atoms with van der Waals surface area (Å²) in [6, 6.07) is 0. The van der Waals surface area contributed by atoms with Gasteiger partial charge in [-0.2, -0.15) is 0 Å². The van der Waals surface area contributed by atoms with E-state index >= 15 is 0 Å². The van der Waals surface area contributed by atoms with Gasteiger partial charge in [-0.05, 0) is 60.3 Å². The van der Waals surface area contributed by atoms with E-state index in [4.69, 9.17) is 5.11 Å². The van der Waals surface area contributed by atoms with E-state index in [1.165, 1.54) is 31.3 Å². The summed E-state index contributed by atoms with van der Waals surface area (Å²) in [5, 5.41) is 28.3. The van der Waals surface area contributed by atoms with Crippen molar-refractivity contribution in [1.29, 1.82) is 0 Å². The minimum Gasteiger partial charge on any atom is -0.393 e. The Morgan fingerprint density at radius 3 is 2.61 bits per heavy atom. The molecule has 0 aromatic heterocycles. The molecule has 4 atom stereocenters. The molecule has 23 heavy (non-hydrogen) atoms. The van der Waals surface area contributed by atoms with E-state index in [0.717, 1.165) is 12.8 Å². The lowest BCUT2D eigenvalue weighted by atomic mass is 9.47. The van der Waals surface area contributed by atoms with E-state index in [9.17, 15) is 10.2 Å². The van der Waals surface area contributed by atoms with Gasteiger partial charge in [-0.25, -0.2) is 0 Å². The van der Waals surface area contributed by atoms with Crippen LogP contribution in [0.1, 0.15) is 59.3 Å². The fourth-order valence-electron chi connectivity index (χ4n) is 5.40. The second kappa shape index (κ2) is 7.08. The number of aliphatic hydroxyl groups excluding tert-OH is 3. The van der Waals surface area contributed by atoms with Crippen LogP contribution in [-0.4, -0.2) is 34.6 Å². The van der Waals surface area contributed by atoms with E-state index in [1.807, 2.05) is 6.08 Å². The Hall–Kier alpha value is -0.640. The summed E-state index contributed by atoms with van der Waals surface area (Å²) in [6.45, 7) is 11.0. The lowest BCUT2D eigenvalue weighted by molar-refractivity contribution is -0.0511. The van der Waals surface area contributed by atoms with Gasteiger partial charge >= 0.3 is 0 Å². The van der Waals surface area contributed by atoms with Gasteiger partial charge in [0.05, 0.1) is 13.2 Å². The van der Waals surface area contributed by atoms with Crippen LogP contribution in [0.15, 0.2) is 23.8 Å². The van der Waals surface area contributed by atoms with Crippen LogP contribution >= 0.6 is 0 Å². The van der Waals surface area contributed by atoms with Gasteiger partial charge in [0, 0.05) is 0 Å². The molecule has 0 aromatic rings. The molecule has 0 spiro atoms. The highest BCUT2D eigenvalue weighted by Gasteiger charge is 2.52. The number of fused-ring (bicyclic) bond motifs is 1. The number of allylic oxidation sites excluding steroid dienone is 2. The van der Waals surface area contributed by atoms with Gasteiger partial charge in [-0.3, -0.25) is 0 Å². The molecule has 0 aliphatic heterocycles. The van der Waals surface area contributed by atoms with Gasteiger partial charge in [0.15, 0.2) is 0 Å². The van der Waals surface area contributed by atoms with Gasteiger partial charge < -0.3 is 15.3 Å². The van der Waals surface area contributed by atoms with Crippen LogP contribution < -0.4 is 0 Å². The zero-order valence-corrected chi connectivity index (χ0v) is 15.0. The summed E-state index contributed by atoms with van der Waals surface area (Å²) in [6.07, 6.45) is 7.89. The average molecular weight is 322 g/mol. The number of hydrogen-bond donors (Lipinski definition) is 3. The van der Waals surface area contributed by atoms with Crippen molar-refractivity contribution in [3.05, 3.63) is 23.8 Å². The van der Waals surface area contributed by atoms with Crippen LogP contribution in [0.3, 0.4) is 0 Å². The Labute approximate surface area is 141 Å². The summed E-state index contributed by atoms with van der Waals surface area (Å²) in [5.41, 5.74) is 2.47. The maximum absolute atomic E-state index is 9.79. The largest absolute Gasteiger partial charge is 0.393 e. The Balaban J connectivity index is 2.25. The molecule has 2 aliphatic rings. The zero-order valence-electron chi connectivity index (χ0n) is 15.0. The molecule has 3 heteroatoms. The number of aliphatic hydroxyl groups is 3. The predicted octanol–water partition coefficient (Wildman–Crippen LogP) is 3.45. The van der Waals surface area contributed by atoms with Crippen LogP contribution in [0.4, 0.5) is 0 Å². The summed E-state index contributed by atoms with van der Waals surface area (Å²) in [5.74, 6) is 1.10. The molecule has 0 heterocycles. The molecular formula is C20H34O3. The van der Waals surface area contributed by atoms with E-state index in [2.05, 4.69) is 27.4 Å². The normalized spacial score (nSPS) is 35.7. The fraction of sp³-hybridized carbons (Fsp3) is 0.800. The van der Waals surface area contributed by atoms with Crippen LogP contribution in [0.5, 0.6) is 0 Å². The van der Waals surface area contributed by atoms with Crippen molar-refractivity contribution < 1.29 is 15.3 Å². The number of hydrogen-bond acceptors (Lipinski definition) is 3. The number of rotatable bonds is 5. The smallest absolute Gasteiger partial charge is 0.100 e. The first-order valence-corrected chi connectivity index (χ1v) is 9.02. The monoisotopic (exact) mass is 322 g/mol. The lowest BCUT2D eigenvalue weighted by Gasteiger charge is -2.58. The van der Waals surface area contributed by atoms with Gasteiger partial charge in [-0.15, -0.1) is 0 Å². The Morgan fingerprint density at radius 1 is 1.30 bits per heavy atom. The summed E-state index contributed by atoms with van der Waals surface area (Å²) < 4.78 is 0. The van der Waals surface area contributed by atoms with Crippen molar-refractivity contribution in [2.45, 2.75) is 65.4 Å². The van der Waals surface area contributed by atoms with E-state index < -0.39 is 6.10 Å². The van der Waals surface area contributed by atoms with Gasteiger partial charge in [0.1, 0.15) is 6.10 Å². The van der Waals surface area contributed by atoms with Gasteiger partial charge in [-0.1, -0.05) is 45.4 Å². The Kier molecular flexibility index (Phi) is 5.76. The van der Waals surface area contributed by atoms with E-state index in [-0.39, 0.29) is 18.6 Å². The summed E-state index contributed by atoms with van der Waals surface area (Å²) >= 11 is 0. The molecule has 2 saturated carbocycles. The fourth-order valence-corrected chi connectivity index (χ4v) is 5.40. The molecule has 0 unspecified atom stereocenters. The minimum atomic E-state index is -0.955. The quantitative estimate of drug-likeness (QED) is 0.679. The van der Waals surface area contributed by atoms with Gasteiger partial charge in [0.2, 0.25) is 0 Å². The van der Waals surface area contributed by atoms with Crippen LogP contribution in [-0.2, 0) is 0 Å². The third-order valence-electron chi connectivity index (χ3n) is 6.72. The topological polar surface area (TPSA) is 60.7 Å². The van der Waals surface area contributed by atoms with E-state index in [0.29, 0.717) is 22.8 Å². The molecule has 3 N–H and O–H groups in total. The van der Waals surface area contributed by atoms with Crippen molar-refractivity contribution in [2.75, 3.05) is 13.2 Å². The minimum absolute atomic E-state index is 0.202. The first kappa shape index (κ1) is 18.7. The first-order chi connectivity index (χ1) is 10.8. The highest BCUT2D eigenvalue weighted by Crippen LogP contribution is 2.61. The van der Waals surface area contributed by atoms with Crippen molar-refractivity contribution in [3.63, 3.8) is 0 Å². The molecule has 2 fully saturated rings. The second-order valence-corrected chi connectivity index (χ2v) is 8.52. The zero-order chi connectivity index (χ0) is 17.3. The third kappa shape index (κ3) is 3.57. The van der Waals surface area contributed by atoms with Crippen molar-refractivity contribution in [3.8, 4) is 0 Å². The molecule has 132 valence electrons. The standard InChI is InChI=1S/C20H34O3/c1-14-6-9-18-19(2,3)10-5-11-20(18,4)16(14)8-7-15(12-21)17(23)13-22/h7,16-18,21-23H,1,5-6,8-13H2,2-4H3/b15-7-/t16-,17-,18-,20+/m0/s1. The maximum Gasteiger partial charge on any atom is 0.100 e. The lowest BCUT2D eigenvalue weighted by Crippen LogP contribution is -2.49. The van der Waals surface area contributed by atoms with E-state index in [1.54, 1.807) is 0 Å². The molecule has 0 radical (unpaired) electrons. The summed E-state index contributed by atoms with van der Waals surface area (Å²) in [7, 11) is 0. The van der Waals surface area contributed by atoms with Crippen molar-refractivity contribution >= 4 is 0 Å². The molecule has 0 saturated heterocycles. The van der Waals surface area contributed by atoms with Crippen molar-refractivity contribution in [1.82, 2.24) is 0 Å². The molecule has 2 aliphatic carbocycles. The average Bonchev–Trinajstić information content (AvgIpc) is 2.48. The molecular weight excluding hydrogens is 288 g/mol. The molecule has 0 aromatic carbocycles. The second-order valence-electron chi connectivity index (χ2n) is 8.52. The van der Waals surface area contributed by atoms with Crippen LogP contribution in [0, 0.1) is 22.7 Å². The molecule has 0 bridgehead atoms. The maximum atomic E-state index is 9.79. The van der Waals surface area contributed by atoms with Gasteiger partial charge in [0.25, 0.3) is 0 Å². The highest BCUT2D eigenvalue weighted by atomic mass is 16.3. The Morgan fingerprint density at radius 2 is 2.00 bits per heavy atom. The Bertz CT molecular complexity index is 466. The van der Waals surface area contributed by atoms with Crippen LogP contribution in [0.25, 0.3) is 0 Å². The van der Waals surface area contributed by atoms with Crippen molar-refractivity contribution in [2.24, 2.45) is 22.7 Å². The highest BCUT2D eigenvalue weighted by molar-refractivity contribution is 5.19. The first-order valence-electron chi connectivity index (χ1n) is 9.02. The van der Waals surface area contributed by atoms with Crippen LogP contribution in [0.2, 0.25) is 0 Å². The third-order valence-corrected chi connectivity index (χ3v) is 6.72. The SMILES string of the molecule is C=C1CC[C@H]2C(C)(C)CCC[C@]2(C)[C@H]1C/C=C(/CO)[C@@H](O)CO. The molecule has 0 amide bonds. The summed E-state index contributed by atoms with van der Waals surface area (Å²) in [4.78, 5) is 0. The molecule has 2 rings (SSSR count).